The van der Waals surface area contributed by atoms with Crippen LogP contribution in [0, 0.1) is 17.9 Å². The van der Waals surface area contributed by atoms with E-state index in [0.717, 1.165) is 64.6 Å². The van der Waals surface area contributed by atoms with Crippen molar-refractivity contribution in [3.05, 3.63) is 229 Å². The average molecular weight is 975 g/mol. The molecule has 76 heavy (non-hydrogen) atoms. The molecule has 0 spiro atoms. The summed E-state index contributed by atoms with van der Waals surface area (Å²) in [6.07, 6.45) is 0. The van der Waals surface area contributed by atoms with Crippen LogP contribution < -0.4 is 0 Å². The van der Waals surface area contributed by atoms with Gasteiger partial charge in [-0.15, -0.1) is 0 Å². The molecule has 0 aliphatic rings. The van der Waals surface area contributed by atoms with E-state index in [1.54, 1.807) is 0 Å². The molecule has 0 saturated heterocycles. The molecule has 8 heteroatoms. The molecule has 0 N–H and O–H groups in total. The minimum absolute atomic E-state index is 0.0308. The standard InChI is InChI=1S/C68H35N5O3/c1-70-64-65(71-47-25-11-5-20-41(47)59-50(71)33-35-56-62(59)44-23-9-15-29-54(44)74-56)46(37-69)58(38-17-3-2-4-18-38)66(72-48-26-12-6-21-42(48)60-51(72)34-36-57-63(60)45-24-10-16-30-55(45)75-57)67(64)73-49-27-13-7-22-43(49)61-52(73)32-31-40-39-19-8-14-28-53(39)76-68(40)61/h2-36H/i2D,3D,4D,17D,18D. The first-order valence-corrected chi connectivity index (χ1v) is 24.9. The summed E-state index contributed by atoms with van der Waals surface area (Å²) in [7, 11) is 0. The maximum atomic E-state index is 12.4. The highest BCUT2D eigenvalue weighted by molar-refractivity contribution is 6.30. The van der Waals surface area contributed by atoms with Gasteiger partial charge in [-0.25, -0.2) is 4.85 Å². The Morgan fingerprint density at radius 3 is 1.39 bits per heavy atom. The predicted octanol–water partition coefficient (Wildman–Crippen LogP) is 18.8. The van der Waals surface area contributed by atoms with Crippen LogP contribution >= 0.6 is 0 Å². The van der Waals surface area contributed by atoms with E-state index in [-0.39, 0.29) is 33.8 Å². The zero-order chi connectivity index (χ0) is 54.3. The van der Waals surface area contributed by atoms with Crippen LogP contribution in [0.5, 0.6) is 0 Å². The largest absolute Gasteiger partial charge is 0.456 e. The van der Waals surface area contributed by atoms with Crippen LogP contribution in [0.25, 0.3) is 164 Å². The number of nitrogens with zero attached hydrogens (tertiary/aromatic N) is 5. The second-order valence-corrected chi connectivity index (χ2v) is 19.2. The third-order valence-electron chi connectivity index (χ3n) is 15.6. The molecule has 6 heterocycles. The van der Waals surface area contributed by atoms with Crippen molar-refractivity contribution in [2.75, 3.05) is 0 Å². The molecular weight excluding hydrogens is 935 g/mol. The van der Waals surface area contributed by atoms with Gasteiger partial charge < -0.3 is 27.0 Å². The first-order valence-electron chi connectivity index (χ1n) is 27.4. The van der Waals surface area contributed by atoms with Crippen LogP contribution in [0.1, 0.15) is 12.4 Å². The third kappa shape index (κ3) is 5.14. The quantitative estimate of drug-likeness (QED) is 0.165. The van der Waals surface area contributed by atoms with E-state index >= 15 is 0 Å². The van der Waals surface area contributed by atoms with E-state index in [4.69, 9.17) is 14.6 Å². The number of furan rings is 3. The van der Waals surface area contributed by atoms with Gasteiger partial charge in [0.1, 0.15) is 39.6 Å². The summed E-state index contributed by atoms with van der Waals surface area (Å²) in [5, 5.41) is 22.6. The highest BCUT2D eigenvalue weighted by Gasteiger charge is 2.34. The molecule has 6 aromatic heterocycles. The Hall–Kier alpha value is -10.8. The number of hydrogen-bond donors (Lipinski definition) is 0. The zero-order valence-corrected chi connectivity index (χ0v) is 39.8. The molecule has 0 aliphatic carbocycles. The summed E-state index contributed by atoms with van der Waals surface area (Å²) in [4.78, 5) is 4.65. The molecule has 17 rings (SSSR count). The molecule has 0 aliphatic heterocycles. The molecule has 0 radical (unpaired) electrons. The Labute approximate surface area is 437 Å². The monoisotopic (exact) mass is 974 g/mol. The van der Waals surface area contributed by atoms with Gasteiger partial charge in [-0.3, -0.25) is 0 Å². The van der Waals surface area contributed by atoms with Crippen LogP contribution in [0.15, 0.2) is 225 Å². The molecule has 8 nitrogen and oxygen atoms in total. The molecule has 17 aromatic rings. The minimum atomic E-state index is -0.589. The van der Waals surface area contributed by atoms with E-state index in [0.29, 0.717) is 72.3 Å². The number of hydrogen-bond acceptors (Lipinski definition) is 4. The van der Waals surface area contributed by atoms with E-state index in [1.165, 1.54) is 0 Å². The van der Waals surface area contributed by atoms with Crippen LogP contribution in [0.2, 0.25) is 0 Å². The molecular formula is C68H35N5O3. The van der Waals surface area contributed by atoms with Crippen LogP contribution in [-0.4, -0.2) is 13.7 Å². The number of aromatic nitrogens is 3. The zero-order valence-electron chi connectivity index (χ0n) is 44.8. The van der Waals surface area contributed by atoms with Gasteiger partial charge in [0.25, 0.3) is 0 Å². The smallest absolute Gasteiger partial charge is 0.237 e. The number of rotatable bonds is 4. The first kappa shape index (κ1) is 36.2. The fourth-order valence-electron chi connectivity index (χ4n) is 12.7. The minimum Gasteiger partial charge on any atom is -0.456 e. The summed E-state index contributed by atoms with van der Waals surface area (Å²) in [6, 6.07) is 59.0. The lowest BCUT2D eigenvalue weighted by Crippen LogP contribution is -2.11. The van der Waals surface area contributed by atoms with Gasteiger partial charge in [-0.2, -0.15) is 5.26 Å². The van der Waals surface area contributed by atoms with E-state index < -0.39 is 30.2 Å². The Morgan fingerprint density at radius 2 is 0.842 bits per heavy atom. The van der Waals surface area contributed by atoms with Crippen LogP contribution in [0.3, 0.4) is 0 Å². The fourth-order valence-corrected chi connectivity index (χ4v) is 12.7. The van der Waals surface area contributed by atoms with Crippen molar-refractivity contribution in [2.24, 2.45) is 0 Å². The summed E-state index contributed by atoms with van der Waals surface area (Å²) < 4.78 is 73.5. The van der Waals surface area contributed by atoms with Gasteiger partial charge >= 0.3 is 0 Å². The molecule has 0 unspecified atom stereocenters. The van der Waals surface area contributed by atoms with Crippen molar-refractivity contribution in [3.63, 3.8) is 0 Å². The molecule has 0 atom stereocenters. The Bertz CT molecular complexity index is 5810. The van der Waals surface area contributed by atoms with Gasteiger partial charge in [0, 0.05) is 64.8 Å². The van der Waals surface area contributed by atoms with Gasteiger partial charge in [0.2, 0.25) is 5.69 Å². The molecule has 0 fully saturated rings. The second-order valence-electron chi connectivity index (χ2n) is 19.2. The summed E-state index contributed by atoms with van der Waals surface area (Å²) in [5.74, 6) is 0. The molecule has 0 bridgehead atoms. The highest BCUT2D eigenvalue weighted by Crippen LogP contribution is 2.54. The SMILES string of the molecule is [2H]c1c([2H])c([2H])c(-c2c(C#N)c(-n3c4ccccc4c4c5c(ccc43)oc3ccccc35)c([N+]#[C-])c(-n3c4ccccc4c4c5oc6ccccc6c5ccc43)c2-n2c3ccccc3c3c4c(ccc32)oc2ccccc24)c([2H])c1[2H]. The first-order chi connectivity index (χ1) is 39.7. The van der Waals surface area contributed by atoms with Crippen molar-refractivity contribution in [1.82, 2.24) is 13.7 Å². The lowest BCUT2D eigenvalue weighted by atomic mass is 9.93. The number of para-hydroxylation sites is 6. The topological polar surface area (TPSA) is 82.4 Å². The fraction of sp³-hybridized carbons (Fsp3) is 0. The lowest BCUT2D eigenvalue weighted by Gasteiger charge is -2.26. The molecule has 350 valence electrons. The molecule has 0 amide bonds. The van der Waals surface area contributed by atoms with Crippen molar-refractivity contribution in [1.29, 1.82) is 5.26 Å². The second kappa shape index (κ2) is 14.9. The number of nitriles is 1. The Morgan fingerprint density at radius 1 is 0.395 bits per heavy atom. The third-order valence-corrected chi connectivity index (χ3v) is 15.6. The van der Waals surface area contributed by atoms with Crippen molar-refractivity contribution in [3.8, 4) is 34.3 Å². The Balaban J connectivity index is 1.18. The van der Waals surface area contributed by atoms with E-state index in [9.17, 15) is 17.3 Å². The van der Waals surface area contributed by atoms with Crippen LogP contribution in [-0.2, 0) is 0 Å². The average Bonchev–Trinajstić information content (AvgIpc) is 2.76. The van der Waals surface area contributed by atoms with Gasteiger partial charge in [-0.1, -0.05) is 139 Å². The highest BCUT2D eigenvalue weighted by atomic mass is 16.3. The summed E-state index contributed by atoms with van der Waals surface area (Å²) >= 11 is 0. The summed E-state index contributed by atoms with van der Waals surface area (Å²) in [5.41, 5.74) is 8.52. The van der Waals surface area contributed by atoms with Gasteiger partial charge in [0.15, 0.2) is 0 Å². The maximum Gasteiger partial charge on any atom is 0.237 e. The van der Waals surface area contributed by atoms with Crippen molar-refractivity contribution >= 4 is 137 Å². The molecule has 0 saturated carbocycles. The lowest BCUT2D eigenvalue weighted by molar-refractivity contribution is 0.669. The Kier molecular flexibility index (Phi) is 7.09. The van der Waals surface area contributed by atoms with Crippen molar-refractivity contribution in [2.45, 2.75) is 0 Å². The van der Waals surface area contributed by atoms with Crippen molar-refractivity contribution < 1.29 is 20.1 Å². The number of benzene rings is 11. The number of fused-ring (bicyclic) bond motifs is 21. The van der Waals surface area contributed by atoms with E-state index in [2.05, 4.69) is 10.9 Å². The maximum absolute atomic E-state index is 12.4. The van der Waals surface area contributed by atoms with Gasteiger partial charge in [0.05, 0.1) is 74.5 Å². The normalized spacial score (nSPS) is 13.1. The predicted molar refractivity (Wildman–Crippen MR) is 308 cm³/mol. The van der Waals surface area contributed by atoms with E-state index in [1.807, 2.05) is 196 Å². The molecule has 11 aromatic carbocycles. The van der Waals surface area contributed by atoms with Gasteiger partial charge in [-0.05, 0) is 78.4 Å². The summed E-state index contributed by atoms with van der Waals surface area (Å²) in [6.45, 7) is 9.81. The van der Waals surface area contributed by atoms with Crippen LogP contribution in [0.4, 0.5) is 5.69 Å².